The minimum Gasteiger partial charge on any atom is -0.365 e. The van der Waals surface area contributed by atoms with Crippen LogP contribution in [0.25, 0.3) is 0 Å². The Kier molecular flexibility index (Phi) is 2.49. The minimum atomic E-state index is -0.0911. The van der Waals surface area contributed by atoms with Crippen LogP contribution in [0.2, 0.25) is 0 Å². The molecular formula is C9H14N4O. The number of nitrogens with zero attached hydrogens (tertiary/aromatic N) is 1. The first-order valence-corrected chi connectivity index (χ1v) is 4.85. The number of H-pyrrole nitrogens is 1. The Labute approximate surface area is 82.0 Å². The number of aryl methyl sites for hydroxylation is 1. The van der Waals surface area contributed by atoms with E-state index >= 15 is 0 Å². The molecule has 1 aliphatic rings. The van der Waals surface area contributed by atoms with Crippen molar-refractivity contribution in [3.05, 3.63) is 22.2 Å². The molecule has 0 aromatic carbocycles. The number of anilines is 1. The van der Waals surface area contributed by atoms with E-state index in [0.717, 1.165) is 25.3 Å². The summed E-state index contributed by atoms with van der Waals surface area (Å²) < 4.78 is 0. The first-order valence-electron chi connectivity index (χ1n) is 4.85. The number of aromatic amines is 1. The molecule has 0 atom stereocenters. The van der Waals surface area contributed by atoms with Crippen molar-refractivity contribution in [3.8, 4) is 0 Å². The van der Waals surface area contributed by atoms with Crippen LogP contribution in [0.5, 0.6) is 0 Å². The lowest BCUT2D eigenvalue weighted by molar-refractivity contribution is 0.471. The topological polar surface area (TPSA) is 69.8 Å². The summed E-state index contributed by atoms with van der Waals surface area (Å²) in [7, 11) is 0. The predicted octanol–water partition coefficient (Wildman–Crippen LogP) is -0.284. The lowest BCUT2D eigenvalue weighted by Crippen LogP contribution is -2.51. The zero-order valence-corrected chi connectivity index (χ0v) is 8.13. The molecule has 1 aromatic heterocycles. The SMILES string of the molecule is CCc1nc(NC2CNC2)cc(=O)[nH]1. The fourth-order valence-electron chi connectivity index (χ4n) is 1.35. The molecule has 0 saturated carbocycles. The first kappa shape index (κ1) is 9.21. The molecule has 3 N–H and O–H groups in total. The van der Waals surface area contributed by atoms with E-state index in [1.165, 1.54) is 6.07 Å². The summed E-state index contributed by atoms with van der Waals surface area (Å²) in [5.41, 5.74) is -0.0911. The Bertz CT molecular complexity index is 369. The maximum atomic E-state index is 11.2. The van der Waals surface area contributed by atoms with Gasteiger partial charge < -0.3 is 15.6 Å². The third-order valence-electron chi connectivity index (χ3n) is 2.26. The predicted molar refractivity (Wildman–Crippen MR) is 54.5 cm³/mol. The van der Waals surface area contributed by atoms with Gasteiger partial charge in [0.2, 0.25) is 0 Å². The van der Waals surface area contributed by atoms with Crippen molar-refractivity contribution in [2.24, 2.45) is 0 Å². The molecular weight excluding hydrogens is 180 g/mol. The van der Waals surface area contributed by atoms with E-state index in [1.54, 1.807) is 0 Å². The molecule has 0 unspecified atom stereocenters. The second kappa shape index (κ2) is 3.79. The molecule has 5 heteroatoms. The van der Waals surface area contributed by atoms with Gasteiger partial charge in [-0.2, -0.15) is 0 Å². The minimum absolute atomic E-state index is 0.0911. The van der Waals surface area contributed by atoms with Crippen molar-refractivity contribution in [1.82, 2.24) is 15.3 Å². The van der Waals surface area contributed by atoms with Gasteiger partial charge in [0.05, 0.1) is 6.04 Å². The fraction of sp³-hybridized carbons (Fsp3) is 0.556. The summed E-state index contributed by atoms with van der Waals surface area (Å²) in [6.07, 6.45) is 0.744. The molecule has 1 aromatic rings. The van der Waals surface area contributed by atoms with Crippen LogP contribution in [0.3, 0.4) is 0 Å². The zero-order valence-electron chi connectivity index (χ0n) is 8.13. The normalized spacial score (nSPS) is 16.4. The Hall–Kier alpha value is -1.36. The molecule has 0 bridgehead atoms. The summed E-state index contributed by atoms with van der Waals surface area (Å²) in [5.74, 6) is 1.41. The number of aromatic nitrogens is 2. The van der Waals surface area contributed by atoms with Crippen molar-refractivity contribution >= 4 is 5.82 Å². The summed E-state index contributed by atoms with van der Waals surface area (Å²) in [5, 5.41) is 6.35. The van der Waals surface area contributed by atoms with Crippen LogP contribution in [-0.2, 0) is 6.42 Å². The molecule has 5 nitrogen and oxygen atoms in total. The third kappa shape index (κ3) is 1.93. The summed E-state index contributed by atoms with van der Waals surface area (Å²) in [4.78, 5) is 18.2. The van der Waals surface area contributed by atoms with E-state index in [2.05, 4.69) is 20.6 Å². The number of hydrogen-bond acceptors (Lipinski definition) is 4. The van der Waals surface area contributed by atoms with E-state index in [1.807, 2.05) is 6.92 Å². The monoisotopic (exact) mass is 194 g/mol. The van der Waals surface area contributed by atoms with Gasteiger partial charge in [-0.05, 0) is 0 Å². The van der Waals surface area contributed by atoms with Crippen LogP contribution in [0.4, 0.5) is 5.82 Å². The second-order valence-corrected chi connectivity index (χ2v) is 3.43. The van der Waals surface area contributed by atoms with E-state index in [4.69, 9.17) is 0 Å². The highest BCUT2D eigenvalue weighted by Crippen LogP contribution is 2.04. The van der Waals surface area contributed by atoms with Crippen LogP contribution >= 0.6 is 0 Å². The molecule has 0 amide bonds. The van der Waals surface area contributed by atoms with Crippen molar-refractivity contribution < 1.29 is 0 Å². The average Bonchev–Trinajstić information content (AvgIpc) is 2.10. The van der Waals surface area contributed by atoms with Gasteiger partial charge in [0.25, 0.3) is 5.56 Å². The standard InChI is InChI=1S/C9H14N4O/c1-2-7-12-8(3-9(14)13-7)11-6-4-10-5-6/h3,6,10H,2,4-5H2,1H3,(H2,11,12,13,14). The summed E-state index contributed by atoms with van der Waals surface area (Å²) in [6.45, 7) is 3.85. The summed E-state index contributed by atoms with van der Waals surface area (Å²) in [6, 6.07) is 1.91. The van der Waals surface area contributed by atoms with Crippen molar-refractivity contribution in [2.45, 2.75) is 19.4 Å². The Balaban J connectivity index is 2.15. The van der Waals surface area contributed by atoms with Gasteiger partial charge in [-0.3, -0.25) is 4.79 Å². The van der Waals surface area contributed by atoms with Crippen molar-refractivity contribution in [2.75, 3.05) is 18.4 Å². The van der Waals surface area contributed by atoms with Gasteiger partial charge in [-0.1, -0.05) is 6.92 Å². The number of hydrogen-bond donors (Lipinski definition) is 3. The third-order valence-corrected chi connectivity index (χ3v) is 2.26. The molecule has 0 radical (unpaired) electrons. The molecule has 1 aliphatic heterocycles. The van der Waals surface area contributed by atoms with Gasteiger partial charge in [0.15, 0.2) is 0 Å². The average molecular weight is 194 g/mol. The summed E-state index contributed by atoms with van der Waals surface area (Å²) >= 11 is 0. The zero-order chi connectivity index (χ0) is 9.97. The molecule has 1 saturated heterocycles. The van der Waals surface area contributed by atoms with Gasteiger partial charge in [0, 0.05) is 25.6 Å². The van der Waals surface area contributed by atoms with Gasteiger partial charge in [-0.25, -0.2) is 4.98 Å². The Morgan fingerprint density at radius 2 is 2.43 bits per heavy atom. The Morgan fingerprint density at radius 1 is 1.64 bits per heavy atom. The van der Waals surface area contributed by atoms with Crippen LogP contribution < -0.4 is 16.2 Å². The lowest BCUT2D eigenvalue weighted by atomic mass is 10.2. The van der Waals surface area contributed by atoms with Gasteiger partial charge in [-0.15, -0.1) is 0 Å². The largest absolute Gasteiger partial charge is 0.365 e. The second-order valence-electron chi connectivity index (χ2n) is 3.43. The Morgan fingerprint density at radius 3 is 3.00 bits per heavy atom. The smallest absolute Gasteiger partial charge is 0.252 e. The molecule has 2 heterocycles. The number of nitrogens with one attached hydrogen (secondary N) is 3. The van der Waals surface area contributed by atoms with Gasteiger partial charge >= 0.3 is 0 Å². The van der Waals surface area contributed by atoms with Crippen molar-refractivity contribution in [3.63, 3.8) is 0 Å². The lowest BCUT2D eigenvalue weighted by Gasteiger charge is -2.28. The van der Waals surface area contributed by atoms with Crippen LogP contribution in [0.15, 0.2) is 10.9 Å². The maximum absolute atomic E-state index is 11.2. The van der Waals surface area contributed by atoms with E-state index in [-0.39, 0.29) is 5.56 Å². The van der Waals surface area contributed by atoms with Crippen LogP contribution in [-0.4, -0.2) is 29.1 Å². The van der Waals surface area contributed by atoms with E-state index < -0.39 is 0 Å². The van der Waals surface area contributed by atoms with Gasteiger partial charge in [0.1, 0.15) is 11.6 Å². The molecule has 76 valence electrons. The molecule has 14 heavy (non-hydrogen) atoms. The highest BCUT2D eigenvalue weighted by Gasteiger charge is 2.16. The van der Waals surface area contributed by atoms with Crippen molar-refractivity contribution in [1.29, 1.82) is 0 Å². The highest BCUT2D eigenvalue weighted by atomic mass is 16.1. The fourth-order valence-corrected chi connectivity index (χ4v) is 1.35. The first-order chi connectivity index (χ1) is 6.78. The number of rotatable bonds is 3. The molecule has 1 fully saturated rings. The van der Waals surface area contributed by atoms with E-state index in [9.17, 15) is 4.79 Å². The molecule has 0 aliphatic carbocycles. The van der Waals surface area contributed by atoms with E-state index in [0.29, 0.717) is 11.9 Å². The highest BCUT2D eigenvalue weighted by molar-refractivity contribution is 5.35. The molecule has 0 spiro atoms. The quantitative estimate of drug-likeness (QED) is 0.618. The van der Waals surface area contributed by atoms with Crippen LogP contribution in [0, 0.1) is 0 Å². The van der Waals surface area contributed by atoms with Crippen LogP contribution in [0.1, 0.15) is 12.7 Å². The molecule has 2 rings (SSSR count). The maximum Gasteiger partial charge on any atom is 0.252 e.